The average molecular weight is 607 g/mol. The minimum atomic E-state index is 0.598. The quantitative estimate of drug-likeness (QED) is 0.196. The van der Waals surface area contributed by atoms with Crippen molar-refractivity contribution in [3.8, 4) is 50.3 Å². The molecule has 0 N–H and O–H groups in total. The third-order valence-electron chi connectivity index (χ3n) is 8.48. The molecule has 0 aliphatic heterocycles. The van der Waals surface area contributed by atoms with Gasteiger partial charge < -0.3 is 0 Å². The van der Waals surface area contributed by atoms with Crippen molar-refractivity contribution < 1.29 is 0 Å². The van der Waals surface area contributed by atoms with E-state index < -0.39 is 0 Å². The lowest BCUT2D eigenvalue weighted by Gasteiger charge is -2.11. The molecule has 0 saturated carbocycles. The predicted octanol–water partition coefficient (Wildman–Crippen LogP) is 10.9. The maximum absolute atomic E-state index is 5.15. The molecule has 3 aromatic heterocycles. The van der Waals surface area contributed by atoms with E-state index >= 15 is 0 Å². The summed E-state index contributed by atoms with van der Waals surface area (Å²) < 4.78 is 3.46. The minimum Gasteiger partial charge on any atom is -0.278 e. The second-order valence-electron chi connectivity index (χ2n) is 11.3. The van der Waals surface area contributed by atoms with Crippen molar-refractivity contribution in [2.75, 3.05) is 0 Å². The highest BCUT2D eigenvalue weighted by atomic mass is 32.1. The zero-order valence-electron chi connectivity index (χ0n) is 24.7. The van der Waals surface area contributed by atoms with Crippen LogP contribution < -0.4 is 0 Å². The number of nitrogens with zero attached hydrogens (tertiary/aromatic N) is 4. The summed E-state index contributed by atoms with van der Waals surface area (Å²) in [7, 11) is 0. The normalized spacial score (nSPS) is 11.5. The highest BCUT2D eigenvalue weighted by Gasteiger charge is 2.20. The fourth-order valence-electron chi connectivity index (χ4n) is 6.26. The van der Waals surface area contributed by atoms with Crippen LogP contribution in [0, 0.1) is 0 Å². The number of hydrogen-bond acceptors (Lipinski definition) is 4. The molecular formula is C41H26N4S. The topological polar surface area (TPSA) is 43.6 Å². The van der Waals surface area contributed by atoms with Crippen LogP contribution in [0.1, 0.15) is 0 Å². The summed E-state index contributed by atoms with van der Waals surface area (Å²) in [5.74, 6) is 1.88. The lowest BCUT2D eigenvalue weighted by atomic mass is 10.0. The van der Waals surface area contributed by atoms with Crippen LogP contribution in [0.3, 0.4) is 0 Å². The van der Waals surface area contributed by atoms with Gasteiger partial charge in [-0.2, -0.15) is 9.97 Å². The molecule has 5 heteroatoms. The number of para-hydroxylation sites is 1. The Balaban J connectivity index is 1.27. The Morgan fingerprint density at radius 2 is 0.978 bits per heavy atom. The van der Waals surface area contributed by atoms with Gasteiger partial charge in [0.25, 0.3) is 0 Å². The fourth-order valence-corrected chi connectivity index (χ4v) is 7.48. The van der Waals surface area contributed by atoms with Gasteiger partial charge in [0.1, 0.15) is 0 Å². The molecule has 3 heterocycles. The van der Waals surface area contributed by atoms with Gasteiger partial charge in [-0.05, 0) is 40.3 Å². The zero-order chi connectivity index (χ0) is 30.5. The Morgan fingerprint density at radius 1 is 0.435 bits per heavy atom. The summed E-state index contributed by atoms with van der Waals surface area (Å²) in [6, 6.07) is 54.9. The molecule has 0 saturated heterocycles. The third-order valence-corrected chi connectivity index (χ3v) is 9.70. The maximum Gasteiger partial charge on any atom is 0.238 e. The first-order valence-electron chi connectivity index (χ1n) is 15.3. The third kappa shape index (κ3) is 4.48. The van der Waals surface area contributed by atoms with Crippen molar-refractivity contribution in [2.24, 2.45) is 0 Å². The van der Waals surface area contributed by atoms with Crippen LogP contribution in [0.25, 0.3) is 82.2 Å². The number of hydrogen-bond donors (Lipinski definition) is 0. The van der Waals surface area contributed by atoms with Gasteiger partial charge >= 0.3 is 0 Å². The summed E-state index contributed by atoms with van der Waals surface area (Å²) >= 11 is 1.84. The maximum atomic E-state index is 5.15. The minimum absolute atomic E-state index is 0.598. The molecule has 0 bridgehead atoms. The summed E-state index contributed by atoms with van der Waals surface area (Å²) in [6.07, 6.45) is 0. The summed E-state index contributed by atoms with van der Waals surface area (Å²) in [5.41, 5.74) is 7.58. The van der Waals surface area contributed by atoms with Gasteiger partial charge in [0.05, 0.1) is 11.0 Å². The van der Waals surface area contributed by atoms with E-state index in [2.05, 4.69) is 126 Å². The van der Waals surface area contributed by atoms with Crippen LogP contribution in [0.15, 0.2) is 158 Å². The number of fused-ring (bicyclic) bond motifs is 5. The van der Waals surface area contributed by atoms with Crippen LogP contribution in [0.2, 0.25) is 0 Å². The molecule has 0 radical (unpaired) electrons. The largest absolute Gasteiger partial charge is 0.278 e. The van der Waals surface area contributed by atoms with Crippen LogP contribution in [-0.4, -0.2) is 19.5 Å². The van der Waals surface area contributed by atoms with Crippen molar-refractivity contribution in [2.45, 2.75) is 0 Å². The van der Waals surface area contributed by atoms with E-state index in [-0.39, 0.29) is 0 Å². The van der Waals surface area contributed by atoms with Gasteiger partial charge in [-0.1, -0.05) is 140 Å². The van der Waals surface area contributed by atoms with E-state index in [0.717, 1.165) is 27.7 Å². The number of rotatable bonds is 5. The Bertz CT molecular complexity index is 2500. The van der Waals surface area contributed by atoms with E-state index in [1.165, 1.54) is 36.9 Å². The molecule has 4 nitrogen and oxygen atoms in total. The Labute approximate surface area is 269 Å². The fraction of sp³-hybridized carbons (Fsp3) is 0. The van der Waals surface area contributed by atoms with E-state index in [1.807, 2.05) is 47.7 Å². The summed E-state index contributed by atoms with van der Waals surface area (Å²) in [4.78, 5) is 16.5. The SMILES string of the molecule is c1ccc(-c2ccc(-c3nc(-c4ccccc4)nc(-n4c5ccccc5c5c6sc(-c7ccccc7)cc6ccc54)n3)cc2)cc1. The standard InChI is InChI=1S/C41H26N4S/c1-4-12-27(13-5-1)28-20-22-31(23-21-28)40-42-39(30-16-8-3-9-17-30)43-41(44-40)45-34-19-11-10-18-33(34)37-35(45)25-24-32-26-36(46-38(32)37)29-14-6-2-7-15-29/h1-26H. The lowest BCUT2D eigenvalue weighted by Crippen LogP contribution is -2.06. The molecule has 46 heavy (non-hydrogen) atoms. The molecule has 9 rings (SSSR count). The van der Waals surface area contributed by atoms with Crippen molar-refractivity contribution in [1.82, 2.24) is 19.5 Å². The molecule has 6 aromatic carbocycles. The van der Waals surface area contributed by atoms with Crippen molar-refractivity contribution in [1.29, 1.82) is 0 Å². The summed E-state index contributed by atoms with van der Waals surface area (Å²) in [5, 5.41) is 3.63. The van der Waals surface area contributed by atoms with E-state index in [1.54, 1.807) is 0 Å². The second-order valence-corrected chi connectivity index (χ2v) is 12.4. The van der Waals surface area contributed by atoms with Gasteiger partial charge in [0.2, 0.25) is 5.95 Å². The Morgan fingerprint density at radius 3 is 1.67 bits per heavy atom. The van der Waals surface area contributed by atoms with E-state index in [9.17, 15) is 0 Å². The molecule has 9 aromatic rings. The molecule has 0 atom stereocenters. The molecule has 0 amide bonds. The number of benzene rings is 6. The Hall–Kier alpha value is -5.91. The van der Waals surface area contributed by atoms with Gasteiger partial charge in [-0.15, -0.1) is 11.3 Å². The van der Waals surface area contributed by atoms with Crippen LogP contribution in [0.5, 0.6) is 0 Å². The van der Waals surface area contributed by atoms with Gasteiger partial charge in [-0.25, -0.2) is 4.98 Å². The predicted molar refractivity (Wildman–Crippen MR) is 191 cm³/mol. The van der Waals surface area contributed by atoms with E-state index in [0.29, 0.717) is 17.6 Å². The lowest BCUT2D eigenvalue weighted by molar-refractivity contribution is 0.953. The zero-order valence-corrected chi connectivity index (χ0v) is 25.5. The monoisotopic (exact) mass is 606 g/mol. The second kappa shape index (κ2) is 10.9. The highest BCUT2D eigenvalue weighted by Crippen LogP contribution is 2.42. The highest BCUT2D eigenvalue weighted by molar-refractivity contribution is 7.23. The number of aromatic nitrogens is 4. The van der Waals surface area contributed by atoms with Gasteiger partial charge in [-0.3, -0.25) is 4.57 Å². The first kappa shape index (κ1) is 26.5. The summed E-state index contributed by atoms with van der Waals surface area (Å²) in [6.45, 7) is 0. The van der Waals surface area contributed by atoms with Crippen molar-refractivity contribution in [3.05, 3.63) is 158 Å². The molecule has 0 aliphatic rings. The van der Waals surface area contributed by atoms with Crippen molar-refractivity contribution >= 4 is 43.2 Å². The molecule has 0 unspecified atom stereocenters. The number of thiophene rings is 1. The van der Waals surface area contributed by atoms with Gasteiger partial charge in [0, 0.05) is 31.5 Å². The molecule has 0 fully saturated rings. The van der Waals surface area contributed by atoms with Crippen LogP contribution in [0.4, 0.5) is 0 Å². The molecule has 0 aliphatic carbocycles. The van der Waals surface area contributed by atoms with E-state index in [4.69, 9.17) is 15.0 Å². The molecule has 0 spiro atoms. The molecule has 216 valence electrons. The Kier molecular flexibility index (Phi) is 6.28. The first-order chi connectivity index (χ1) is 22.8. The van der Waals surface area contributed by atoms with Gasteiger partial charge in [0.15, 0.2) is 11.6 Å². The smallest absolute Gasteiger partial charge is 0.238 e. The van der Waals surface area contributed by atoms with Crippen LogP contribution >= 0.6 is 11.3 Å². The molecular weight excluding hydrogens is 581 g/mol. The average Bonchev–Trinajstić information content (AvgIpc) is 3.72. The first-order valence-corrected chi connectivity index (χ1v) is 16.1. The van der Waals surface area contributed by atoms with Crippen molar-refractivity contribution in [3.63, 3.8) is 0 Å². The van der Waals surface area contributed by atoms with Crippen LogP contribution in [-0.2, 0) is 0 Å².